The van der Waals surface area contributed by atoms with Gasteiger partial charge in [0.25, 0.3) is 0 Å². The fourth-order valence-electron chi connectivity index (χ4n) is 2.24. The molecule has 104 valence electrons. The number of carbonyl (C=O) groups is 2. The Bertz CT molecular complexity index is 555. The Kier molecular flexibility index (Phi) is 4.04. The van der Waals surface area contributed by atoms with Crippen molar-refractivity contribution in [2.24, 2.45) is 0 Å². The predicted molar refractivity (Wildman–Crippen MR) is 70.7 cm³/mol. The van der Waals surface area contributed by atoms with Crippen molar-refractivity contribution in [3.63, 3.8) is 0 Å². The summed E-state index contributed by atoms with van der Waals surface area (Å²) in [4.78, 5) is 36.1. The van der Waals surface area contributed by atoms with E-state index < -0.39 is 5.97 Å². The van der Waals surface area contributed by atoms with Crippen LogP contribution in [-0.4, -0.2) is 39.5 Å². The minimum Gasteiger partial charge on any atom is -0.477 e. The van der Waals surface area contributed by atoms with Crippen LogP contribution >= 0.6 is 11.3 Å². The Balaban J connectivity index is 2.17. The van der Waals surface area contributed by atoms with E-state index in [0.29, 0.717) is 17.0 Å². The van der Waals surface area contributed by atoms with Gasteiger partial charge in [0.2, 0.25) is 5.91 Å². The number of aromatic carboxylic acids is 1. The zero-order chi connectivity index (χ0) is 14.0. The fourth-order valence-corrected chi connectivity index (χ4v) is 3.07. The number of rotatable bonds is 3. The van der Waals surface area contributed by atoms with E-state index in [2.05, 4.69) is 0 Å². The van der Waals surface area contributed by atoms with Gasteiger partial charge in [-0.05, 0) is 26.2 Å². The maximum atomic E-state index is 12.1. The Labute approximate surface area is 114 Å². The normalized spacial score (nSPS) is 15.5. The fraction of sp³-hybridized carbons (Fsp3) is 0.583. The highest BCUT2D eigenvalue weighted by Gasteiger charge is 2.21. The highest BCUT2D eigenvalue weighted by Crippen LogP contribution is 2.13. The zero-order valence-corrected chi connectivity index (χ0v) is 11.5. The number of carboxylic acid groups (broad SMARTS) is 1. The summed E-state index contributed by atoms with van der Waals surface area (Å²) in [7, 11) is 0. The van der Waals surface area contributed by atoms with Gasteiger partial charge in [-0.1, -0.05) is 11.3 Å². The minimum atomic E-state index is -1.12. The molecule has 19 heavy (non-hydrogen) atoms. The molecule has 0 spiro atoms. The van der Waals surface area contributed by atoms with E-state index in [4.69, 9.17) is 5.11 Å². The number of nitrogens with zero attached hydrogens (tertiary/aromatic N) is 2. The van der Waals surface area contributed by atoms with Crippen LogP contribution in [0.15, 0.2) is 4.79 Å². The average Bonchev–Trinajstić information content (AvgIpc) is 2.68. The highest BCUT2D eigenvalue weighted by molar-refractivity contribution is 7.11. The van der Waals surface area contributed by atoms with Gasteiger partial charge >= 0.3 is 10.8 Å². The molecule has 1 amide bonds. The molecule has 0 saturated carbocycles. The van der Waals surface area contributed by atoms with Crippen molar-refractivity contribution in [3.05, 3.63) is 20.2 Å². The molecule has 1 fully saturated rings. The molecule has 1 N–H and O–H groups in total. The summed E-state index contributed by atoms with van der Waals surface area (Å²) in [5, 5.41) is 8.95. The van der Waals surface area contributed by atoms with E-state index in [1.165, 1.54) is 4.57 Å². The summed E-state index contributed by atoms with van der Waals surface area (Å²) in [5.74, 6) is -1.23. The van der Waals surface area contributed by atoms with Crippen LogP contribution in [0, 0.1) is 6.92 Å². The topological polar surface area (TPSA) is 79.6 Å². The molecule has 1 aliphatic rings. The lowest BCUT2D eigenvalue weighted by molar-refractivity contribution is -0.132. The largest absolute Gasteiger partial charge is 0.477 e. The van der Waals surface area contributed by atoms with Crippen molar-refractivity contribution in [2.75, 3.05) is 13.1 Å². The third kappa shape index (κ3) is 2.86. The summed E-state index contributed by atoms with van der Waals surface area (Å²) in [6, 6.07) is 0. The van der Waals surface area contributed by atoms with Gasteiger partial charge in [-0.15, -0.1) is 0 Å². The first-order chi connectivity index (χ1) is 9.00. The Morgan fingerprint density at radius 2 is 1.89 bits per heavy atom. The number of carbonyl (C=O) groups excluding carboxylic acids is 1. The van der Waals surface area contributed by atoms with Gasteiger partial charge < -0.3 is 10.0 Å². The molecule has 1 aromatic heterocycles. The number of hydrogen-bond donors (Lipinski definition) is 1. The molecule has 2 rings (SSSR count). The molecular formula is C12H16N2O4S. The quantitative estimate of drug-likeness (QED) is 0.895. The maximum Gasteiger partial charge on any atom is 0.347 e. The summed E-state index contributed by atoms with van der Waals surface area (Å²) in [6.45, 7) is 2.95. The molecule has 1 saturated heterocycles. The van der Waals surface area contributed by atoms with E-state index in [9.17, 15) is 14.4 Å². The number of thiazole rings is 1. The van der Waals surface area contributed by atoms with Gasteiger partial charge in [-0.2, -0.15) is 0 Å². The summed E-state index contributed by atoms with van der Waals surface area (Å²) in [6.07, 6.45) is 3.11. The van der Waals surface area contributed by atoms with Crippen molar-refractivity contribution in [3.8, 4) is 0 Å². The zero-order valence-electron chi connectivity index (χ0n) is 10.7. The maximum absolute atomic E-state index is 12.1. The van der Waals surface area contributed by atoms with Crippen molar-refractivity contribution < 1.29 is 14.7 Å². The lowest BCUT2D eigenvalue weighted by Gasteiger charge is -2.26. The summed E-state index contributed by atoms with van der Waals surface area (Å²) < 4.78 is 1.26. The molecule has 1 aliphatic heterocycles. The van der Waals surface area contributed by atoms with Gasteiger partial charge in [0.15, 0.2) is 0 Å². The van der Waals surface area contributed by atoms with E-state index >= 15 is 0 Å². The number of hydrogen-bond acceptors (Lipinski definition) is 4. The number of likely N-dealkylation sites (tertiary alicyclic amines) is 1. The molecule has 0 atom stereocenters. The van der Waals surface area contributed by atoms with Crippen molar-refractivity contribution >= 4 is 23.2 Å². The second-order valence-corrected chi connectivity index (χ2v) is 5.58. The van der Waals surface area contributed by atoms with Crippen LogP contribution in [0.4, 0.5) is 0 Å². The van der Waals surface area contributed by atoms with Crippen LogP contribution in [0.3, 0.4) is 0 Å². The third-order valence-electron chi connectivity index (χ3n) is 3.34. The predicted octanol–water partition coefficient (Wildman–Crippen LogP) is 0.929. The van der Waals surface area contributed by atoms with E-state index in [-0.39, 0.29) is 22.2 Å². The molecule has 0 radical (unpaired) electrons. The summed E-state index contributed by atoms with van der Waals surface area (Å²) >= 11 is 0.675. The molecule has 0 aliphatic carbocycles. The molecule has 1 aromatic rings. The lowest BCUT2D eigenvalue weighted by atomic mass is 10.1. The molecule has 2 heterocycles. The molecule has 0 aromatic carbocycles. The van der Waals surface area contributed by atoms with E-state index in [0.717, 1.165) is 32.4 Å². The van der Waals surface area contributed by atoms with Gasteiger partial charge in [-0.3, -0.25) is 14.2 Å². The standard InChI is InChI=1S/C12H16N2O4S/c1-8-10(11(16)17)19-12(18)14(8)7-9(15)13-5-3-2-4-6-13/h2-7H2,1H3,(H,16,17). The SMILES string of the molecule is Cc1c(C(=O)O)sc(=O)n1CC(=O)N1CCCCC1. The molecular weight excluding hydrogens is 268 g/mol. The monoisotopic (exact) mass is 284 g/mol. The third-order valence-corrected chi connectivity index (χ3v) is 4.41. The van der Waals surface area contributed by atoms with Gasteiger partial charge in [0.05, 0.1) is 0 Å². The Hall–Kier alpha value is -1.63. The molecule has 6 nitrogen and oxygen atoms in total. The van der Waals surface area contributed by atoms with Crippen molar-refractivity contribution in [1.82, 2.24) is 9.47 Å². The Morgan fingerprint density at radius 1 is 1.26 bits per heavy atom. The van der Waals surface area contributed by atoms with Crippen LogP contribution in [-0.2, 0) is 11.3 Å². The minimum absolute atomic E-state index is 0.0106. The first-order valence-electron chi connectivity index (χ1n) is 6.22. The number of piperidine rings is 1. The highest BCUT2D eigenvalue weighted by atomic mass is 32.1. The Morgan fingerprint density at radius 3 is 2.42 bits per heavy atom. The van der Waals surface area contributed by atoms with Crippen LogP contribution in [0.2, 0.25) is 0 Å². The van der Waals surface area contributed by atoms with E-state index in [1.807, 2.05) is 0 Å². The number of carboxylic acids is 1. The lowest BCUT2D eigenvalue weighted by Crippen LogP contribution is -2.39. The van der Waals surface area contributed by atoms with Crippen molar-refractivity contribution in [1.29, 1.82) is 0 Å². The van der Waals surface area contributed by atoms with Crippen LogP contribution in [0.25, 0.3) is 0 Å². The van der Waals surface area contributed by atoms with Gasteiger partial charge in [-0.25, -0.2) is 4.79 Å². The summed E-state index contributed by atoms with van der Waals surface area (Å²) in [5.41, 5.74) is 0.354. The van der Waals surface area contributed by atoms with Crippen LogP contribution in [0.5, 0.6) is 0 Å². The van der Waals surface area contributed by atoms with Crippen LogP contribution < -0.4 is 4.87 Å². The van der Waals surface area contributed by atoms with Gasteiger partial charge in [0.1, 0.15) is 11.4 Å². The van der Waals surface area contributed by atoms with Crippen molar-refractivity contribution in [2.45, 2.75) is 32.7 Å². The number of amides is 1. The second-order valence-electron chi connectivity index (χ2n) is 4.62. The second kappa shape index (κ2) is 5.56. The molecule has 7 heteroatoms. The van der Waals surface area contributed by atoms with Crippen LogP contribution in [0.1, 0.15) is 34.6 Å². The number of aromatic nitrogens is 1. The van der Waals surface area contributed by atoms with Gasteiger partial charge in [0, 0.05) is 18.8 Å². The molecule has 0 bridgehead atoms. The van der Waals surface area contributed by atoms with E-state index in [1.54, 1.807) is 11.8 Å². The molecule has 0 unspecified atom stereocenters. The first kappa shape index (κ1) is 13.8. The smallest absolute Gasteiger partial charge is 0.347 e. The first-order valence-corrected chi connectivity index (χ1v) is 7.03. The average molecular weight is 284 g/mol.